The number of carboxylic acid groups (broad SMARTS) is 1. The van der Waals surface area contributed by atoms with E-state index >= 15 is 0 Å². The zero-order valence-electron chi connectivity index (χ0n) is 28.8. The Morgan fingerprint density at radius 2 is 1.19 bits per heavy atom. The number of allylic oxidation sites excluding steroid dienone is 6. The standard InChI is InChI=1S/C35H62NO10P/c1-3-5-6-7-8-9-10-11-12-13-14-15-16-17-18-19-20-21-22-23-24-25-26-27-33(38)36-32(35(40)41)30-46-47(42,43)45-29-31(37)28-44-34(39)4-2/h8-9,11-12,14-15,31-32,37H,3-7,10,13,16-30H2,1-2H3,(H,36,38)(H,40,41)(H,42,43)/b9-8-,12-11-,15-14-. The molecule has 3 atom stereocenters. The van der Waals surface area contributed by atoms with E-state index in [1.807, 2.05) is 0 Å². The van der Waals surface area contributed by atoms with Crippen molar-refractivity contribution in [2.24, 2.45) is 0 Å². The van der Waals surface area contributed by atoms with Crippen LogP contribution in [0.5, 0.6) is 0 Å². The third-order valence-corrected chi connectivity index (χ3v) is 8.19. The molecule has 4 N–H and O–H groups in total. The van der Waals surface area contributed by atoms with E-state index in [9.17, 15) is 34.1 Å². The normalized spacial score (nSPS) is 14.5. The van der Waals surface area contributed by atoms with Gasteiger partial charge in [-0.05, 0) is 44.9 Å². The summed E-state index contributed by atoms with van der Waals surface area (Å²) >= 11 is 0. The van der Waals surface area contributed by atoms with Gasteiger partial charge in [0.2, 0.25) is 5.91 Å². The van der Waals surface area contributed by atoms with E-state index in [4.69, 9.17) is 0 Å². The van der Waals surface area contributed by atoms with Gasteiger partial charge >= 0.3 is 19.8 Å². The van der Waals surface area contributed by atoms with Crippen molar-refractivity contribution in [2.75, 3.05) is 19.8 Å². The van der Waals surface area contributed by atoms with E-state index < -0.39 is 57.6 Å². The van der Waals surface area contributed by atoms with E-state index in [2.05, 4.69) is 62.5 Å². The molecule has 0 fully saturated rings. The molecule has 12 heteroatoms. The Morgan fingerprint density at radius 1 is 0.702 bits per heavy atom. The zero-order chi connectivity index (χ0) is 35.0. The first-order chi connectivity index (χ1) is 22.6. The highest BCUT2D eigenvalue weighted by molar-refractivity contribution is 7.47. The van der Waals surface area contributed by atoms with Gasteiger partial charge in [0.15, 0.2) is 6.04 Å². The fourth-order valence-corrected chi connectivity index (χ4v) is 5.19. The Balaban J connectivity index is 3.80. The van der Waals surface area contributed by atoms with Gasteiger partial charge in [-0.15, -0.1) is 0 Å². The van der Waals surface area contributed by atoms with Crippen LogP contribution in [0.3, 0.4) is 0 Å². The van der Waals surface area contributed by atoms with Crippen molar-refractivity contribution < 1.29 is 47.8 Å². The summed E-state index contributed by atoms with van der Waals surface area (Å²) in [6.45, 7) is 1.88. The summed E-state index contributed by atoms with van der Waals surface area (Å²) in [5, 5.41) is 21.3. The molecule has 47 heavy (non-hydrogen) atoms. The van der Waals surface area contributed by atoms with Gasteiger partial charge < -0.3 is 25.2 Å². The van der Waals surface area contributed by atoms with Crippen LogP contribution in [-0.4, -0.2) is 64.9 Å². The number of hydrogen-bond donors (Lipinski definition) is 4. The van der Waals surface area contributed by atoms with Crippen molar-refractivity contribution in [3.05, 3.63) is 36.5 Å². The van der Waals surface area contributed by atoms with Crippen molar-refractivity contribution in [3.8, 4) is 0 Å². The minimum atomic E-state index is -4.72. The van der Waals surface area contributed by atoms with Crippen LogP contribution in [-0.2, 0) is 32.7 Å². The Labute approximate surface area is 282 Å². The molecule has 1 amide bonds. The number of nitrogens with one attached hydrogen (secondary N) is 1. The quantitative estimate of drug-likeness (QED) is 0.0238. The number of amides is 1. The first-order valence-corrected chi connectivity index (χ1v) is 19.0. The fraction of sp³-hybridized carbons (Fsp3) is 0.743. The molecule has 272 valence electrons. The number of phosphoric ester groups is 1. The van der Waals surface area contributed by atoms with Crippen LogP contribution in [0.15, 0.2) is 36.5 Å². The maximum absolute atomic E-state index is 12.2. The molecule has 0 aliphatic rings. The Morgan fingerprint density at radius 3 is 1.72 bits per heavy atom. The number of aliphatic hydroxyl groups excluding tert-OH is 1. The molecule has 0 aromatic carbocycles. The molecular formula is C35H62NO10P. The molecular weight excluding hydrogens is 625 g/mol. The predicted molar refractivity (Wildman–Crippen MR) is 185 cm³/mol. The number of phosphoric acid groups is 1. The van der Waals surface area contributed by atoms with Crippen molar-refractivity contribution in [1.82, 2.24) is 5.32 Å². The van der Waals surface area contributed by atoms with Crippen molar-refractivity contribution in [3.63, 3.8) is 0 Å². The molecule has 0 aromatic rings. The van der Waals surface area contributed by atoms with Crippen LogP contribution in [0.1, 0.15) is 136 Å². The van der Waals surface area contributed by atoms with Crippen molar-refractivity contribution >= 4 is 25.7 Å². The van der Waals surface area contributed by atoms with Crippen molar-refractivity contribution in [1.29, 1.82) is 0 Å². The zero-order valence-corrected chi connectivity index (χ0v) is 29.7. The minimum absolute atomic E-state index is 0.105. The lowest BCUT2D eigenvalue weighted by molar-refractivity contribution is -0.146. The number of ether oxygens (including phenoxy) is 1. The average molecular weight is 688 g/mol. The maximum Gasteiger partial charge on any atom is 0.472 e. The number of carbonyl (C=O) groups excluding carboxylic acids is 2. The van der Waals surface area contributed by atoms with Crippen LogP contribution in [0, 0.1) is 0 Å². The van der Waals surface area contributed by atoms with E-state index in [1.165, 1.54) is 57.8 Å². The molecule has 3 unspecified atom stereocenters. The first kappa shape index (κ1) is 44.7. The number of aliphatic carboxylic acids is 1. The summed E-state index contributed by atoms with van der Waals surface area (Å²) in [4.78, 5) is 44.5. The smallest absolute Gasteiger partial charge is 0.472 e. The summed E-state index contributed by atoms with van der Waals surface area (Å²) in [5.41, 5.74) is 0. The second kappa shape index (κ2) is 31.0. The number of carbonyl (C=O) groups is 3. The second-order valence-corrected chi connectivity index (χ2v) is 13.1. The lowest BCUT2D eigenvalue weighted by atomic mass is 10.0. The number of hydrogen-bond acceptors (Lipinski definition) is 8. The van der Waals surface area contributed by atoms with Crippen molar-refractivity contribution in [2.45, 2.75) is 148 Å². The van der Waals surface area contributed by atoms with Crippen LogP contribution < -0.4 is 5.32 Å². The van der Waals surface area contributed by atoms with Gasteiger partial charge in [0, 0.05) is 12.8 Å². The molecule has 0 aliphatic carbocycles. The molecule has 11 nitrogen and oxygen atoms in total. The second-order valence-electron chi connectivity index (χ2n) is 11.7. The molecule has 0 radical (unpaired) electrons. The molecule has 0 bridgehead atoms. The Kier molecular flexibility index (Phi) is 29.5. The Hall–Kier alpha value is -2.30. The number of unbranched alkanes of at least 4 members (excludes halogenated alkanes) is 13. The molecule has 0 spiro atoms. The van der Waals surface area contributed by atoms with Gasteiger partial charge in [0.25, 0.3) is 0 Å². The topological polar surface area (TPSA) is 169 Å². The van der Waals surface area contributed by atoms with E-state index in [-0.39, 0.29) is 12.8 Å². The monoisotopic (exact) mass is 687 g/mol. The molecule has 0 aromatic heterocycles. The van der Waals surface area contributed by atoms with Gasteiger partial charge in [-0.2, -0.15) is 0 Å². The maximum atomic E-state index is 12.2. The average Bonchev–Trinajstić information content (AvgIpc) is 3.04. The summed E-state index contributed by atoms with van der Waals surface area (Å²) < 4.78 is 26.0. The highest BCUT2D eigenvalue weighted by Crippen LogP contribution is 2.43. The third-order valence-electron chi connectivity index (χ3n) is 7.24. The van der Waals surface area contributed by atoms with Crippen LogP contribution in [0.25, 0.3) is 0 Å². The van der Waals surface area contributed by atoms with Gasteiger partial charge in [0.1, 0.15) is 12.7 Å². The van der Waals surface area contributed by atoms with E-state index in [1.54, 1.807) is 6.92 Å². The lowest BCUT2D eigenvalue weighted by Gasteiger charge is -2.18. The van der Waals surface area contributed by atoms with Gasteiger partial charge in [0.05, 0.1) is 13.2 Å². The number of carboxylic acids is 1. The molecule has 0 rings (SSSR count). The third kappa shape index (κ3) is 30.8. The highest BCUT2D eigenvalue weighted by Gasteiger charge is 2.28. The minimum Gasteiger partial charge on any atom is -0.480 e. The van der Waals surface area contributed by atoms with Crippen LogP contribution in [0.4, 0.5) is 0 Å². The summed E-state index contributed by atoms with van der Waals surface area (Å²) in [6, 6.07) is -1.54. The van der Waals surface area contributed by atoms with E-state index in [0.717, 1.165) is 44.9 Å². The largest absolute Gasteiger partial charge is 0.480 e. The number of rotatable bonds is 32. The predicted octanol–water partition coefficient (Wildman–Crippen LogP) is 7.71. The Bertz CT molecular complexity index is 953. The molecule has 0 heterocycles. The summed E-state index contributed by atoms with van der Waals surface area (Å²) in [7, 11) is -4.72. The molecule has 0 aliphatic heterocycles. The van der Waals surface area contributed by atoms with Gasteiger partial charge in [-0.1, -0.05) is 115 Å². The van der Waals surface area contributed by atoms with Gasteiger partial charge in [-0.3, -0.25) is 18.6 Å². The summed E-state index contributed by atoms with van der Waals surface area (Å²) in [5.74, 6) is -2.48. The lowest BCUT2D eigenvalue weighted by Crippen LogP contribution is -2.43. The fourth-order valence-electron chi connectivity index (χ4n) is 4.42. The molecule has 0 saturated heterocycles. The summed E-state index contributed by atoms with van der Waals surface area (Å²) in [6.07, 6.45) is 31.6. The van der Waals surface area contributed by atoms with Crippen LogP contribution in [0.2, 0.25) is 0 Å². The van der Waals surface area contributed by atoms with Gasteiger partial charge in [-0.25, -0.2) is 9.36 Å². The number of esters is 1. The number of aliphatic hydroxyl groups is 1. The highest BCUT2D eigenvalue weighted by atomic mass is 31.2. The first-order valence-electron chi connectivity index (χ1n) is 17.5. The van der Waals surface area contributed by atoms with Crippen LogP contribution >= 0.6 is 7.82 Å². The van der Waals surface area contributed by atoms with E-state index in [0.29, 0.717) is 6.42 Å². The SMILES string of the molecule is CCCCC/C=C\C/C=C\C/C=C\CCCCCCCCCCCCC(=O)NC(COP(=O)(O)OCC(O)COC(=O)CC)C(=O)O. The molecule has 0 saturated carbocycles.